The molecular formula is C14H19F3OS. The first-order chi connectivity index (χ1) is 8.97. The number of aliphatic hydroxyl groups is 1. The third kappa shape index (κ3) is 4.21. The Kier molecular flexibility index (Phi) is 4.90. The molecule has 1 N–H and O–H groups in total. The lowest BCUT2D eigenvalue weighted by Crippen LogP contribution is -2.33. The van der Waals surface area contributed by atoms with Crippen LogP contribution in [0.1, 0.15) is 37.7 Å². The second kappa shape index (κ2) is 6.27. The zero-order valence-electron chi connectivity index (χ0n) is 10.7. The summed E-state index contributed by atoms with van der Waals surface area (Å²) >= 11 is 1.60. The third-order valence-electron chi connectivity index (χ3n) is 4.03. The standard InChI is InChI=1S/C14H19F3OS/c15-14(16,17)12-3-1-2-11(8-12)13(18)5-4-10-6-7-19-9-10/h6-7,9,11-13,18H,1-5,8H2. The van der Waals surface area contributed by atoms with Crippen molar-refractivity contribution in [2.45, 2.75) is 50.8 Å². The molecule has 0 amide bonds. The van der Waals surface area contributed by atoms with E-state index in [1.54, 1.807) is 11.3 Å². The molecule has 1 saturated carbocycles. The molecule has 19 heavy (non-hydrogen) atoms. The van der Waals surface area contributed by atoms with Gasteiger partial charge in [0.1, 0.15) is 0 Å². The fraction of sp³-hybridized carbons (Fsp3) is 0.714. The topological polar surface area (TPSA) is 20.2 Å². The largest absolute Gasteiger partial charge is 0.393 e. The normalized spacial score (nSPS) is 26.3. The van der Waals surface area contributed by atoms with Gasteiger partial charge in [-0.15, -0.1) is 0 Å². The average Bonchev–Trinajstić information content (AvgIpc) is 2.88. The van der Waals surface area contributed by atoms with Crippen LogP contribution >= 0.6 is 11.3 Å². The number of hydrogen-bond acceptors (Lipinski definition) is 2. The number of hydrogen-bond donors (Lipinski definition) is 1. The SMILES string of the molecule is OC(CCc1ccsc1)C1CCCC(C(F)(F)F)C1. The molecule has 1 fully saturated rings. The second-order valence-corrected chi connectivity index (χ2v) is 6.18. The van der Waals surface area contributed by atoms with E-state index >= 15 is 0 Å². The highest BCUT2D eigenvalue weighted by Gasteiger charge is 2.43. The minimum Gasteiger partial charge on any atom is -0.393 e. The number of aliphatic hydroxyl groups excluding tert-OH is 1. The van der Waals surface area contributed by atoms with E-state index in [2.05, 4.69) is 0 Å². The number of alkyl halides is 3. The Hall–Kier alpha value is -0.550. The van der Waals surface area contributed by atoms with Crippen molar-refractivity contribution in [2.24, 2.45) is 11.8 Å². The van der Waals surface area contributed by atoms with Crippen molar-refractivity contribution in [3.63, 3.8) is 0 Å². The van der Waals surface area contributed by atoms with E-state index in [0.29, 0.717) is 12.8 Å². The van der Waals surface area contributed by atoms with E-state index in [9.17, 15) is 18.3 Å². The maximum absolute atomic E-state index is 12.7. The summed E-state index contributed by atoms with van der Waals surface area (Å²) in [6, 6.07) is 2.00. The Bertz CT molecular complexity index is 375. The summed E-state index contributed by atoms with van der Waals surface area (Å²) in [6.45, 7) is 0. The Morgan fingerprint density at radius 3 is 2.79 bits per heavy atom. The van der Waals surface area contributed by atoms with Crippen LogP contribution in [-0.2, 0) is 6.42 Å². The lowest BCUT2D eigenvalue weighted by Gasteiger charge is -2.33. The molecule has 2 rings (SSSR count). The predicted molar refractivity (Wildman–Crippen MR) is 70.1 cm³/mol. The number of halogens is 3. The van der Waals surface area contributed by atoms with Crippen LogP contribution in [0.5, 0.6) is 0 Å². The molecule has 1 aromatic heterocycles. The van der Waals surface area contributed by atoms with E-state index < -0.39 is 18.2 Å². The molecule has 1 heterocycles. The zero-order valence-corrected chi connectivity index (χ0v) is 11.5. The van der Waals surface area contributed by atoms with Crippen LogP contribution in [0, 0.1) is 11.8 Å². The lowest BCUT2D eigenvalue weighted by molar-refractivity contribution is -0.188. The van der Waals surface area contributed by atoms with Gasteiger partial charge >= 0.3 is 6.18 Å². The van der Waals surface area contributed by atoms with E-state index in [0.717, 1.165) is 18.4 Å². The molecule has 0 saturated heterocycles. The molecule has 0 radical (unpaired) electrons. The molecule has 108 valence electrons. The van der Waals surface area contributed by atoms with E-state index in [4.69, 9.17) is 0 Å². The van der Waals surface area contributed by atoms with Crippen molar-refractivity contribution in [1.29, 1.82) is 0 Å². The third-order valence-corrected chi connectivity index (χ3v) is 4.76. The maximum Gasteiger partial charge on any atom is 0.391 e. The van der Waals surface area contributed by atoms with Gasteiger partial charge in [0.2, 0.25) is 0 Å². The molecule has 0 spiro atoms. The molecule has 1 aliphatic carbocycles. The van der Waals surface area contributed by atoms with Crippen molar-refractivity contribution in [2.75, 3.05) is 0 Å². The summed E-state index contributed by atoms with van der Waals surface area (Å²) in [6.07, 6.45) is -1.80. The molecule has 5 heteroatoms. The van der Waals surface area contributed by atoms with Gasteiger partial charge in [0, 0.05) is 0 Å². The van der Waals surface area contributed by atoms with Gasteiger partial charge in [-0.1, -0.05) is 6.42 Å². The summed E-state index contributed by atoms with van der Waals surface area (Å²) in [5.74, 6) is -1.42. The van der Waals surface area contributed by atoms with Crippen molar-refractivity contribution in [1.82, 2.24) is 0 Å². The number of aryl methyl sites for hydroxylation is 1. The van der Waals surface area contributed by atoms with E-state index in [1.165, 1.54) is 0 Å². The predicted octanol–water partition coefficient (Wildman–Crippen LogP) is 4.41. The van der Waals surface area contributed by atoms with Gasteiger partial charge in [-0.25, -0.2) is 0 Å². The van der Waals surface area contributed by atoms with E-state index in [-0.39, 0.29) is 18.8 Å². The van der Waals surface area contributed by atoms with E-state index in [1.807, 2.05) is 16.8 Å². The molecule has 3 atom stereocenters. The Labute approximate surface area is 115 Å². The Morgan fingerprint density at radius 1 is 1.37 bits per heavy atom. The highest BCUT2D eigenvalue weighted by molar-refractivity contribution is 7.07. The first-order valence-electron chi connectivity index (χ1n) is 6.72. The molecule has 1 aromatic rings. The van der Waals surface area contributed by atoms with Crippen LogP contribution in [0.25, 0.3) is 0 Å². The summed E-state index contributed by atoms with van der Waals surface area (Å²) in [5.41, 5.74) is 1.16. The van der Waals surface area contributed by atoms with Gasteiger partial charge in [-0.05, 0) is 60.4 Å². The number of rotatable bonds is 4. The zero-order chi connectivity index (χ0) is 13.9. The van der Waals surface area contributed by atoms with Crippen LogP contribution < -0.4 is 0 Å². The van der Waals surface area contributed by atoms with Crippen LogP contribution in [0.4, 0.5) is 13.2 Å². The van der Waals surface area contributed by atoms with Crippen molar-refractivity contribution in [3.8, 4) is 0 Å². The monoisotopic (exact) mass is 292 g/mol. The minimum absolute atomic E-state index is 0.0916. The minimum atomic E-state index is -4.11. The first-order valence-corrected chi connectivity index (χ1v) is 7.67. The summed E-state index contributed by atoms with van der Waals surface area (Å²) in [5, 5.41) is 14.1. The summed E-state index contributed by atoms with van der Waals surface area (Å²) < 4.78 is 38.1. The van der Waals surface area contributed by atoms with Crippen LogP contribution in [0.2, 0.25) is 0 Å². The Balaban J connectivity index is 1.83. The summed E-state index contributed by atoms with van der Waals surface area (Å²) in [4.78, 5) is 0. The molecule has 1 nitrogen and oxygen atoms in total. The molecular weight excluding hydrogens is 273 g/mol. The lowest BCUT2D eigenvalue weighted by atomic mass is 9.77. The van der Waals surface area contributed by atoms with Crippen LogP contribution in [-0.4, -0.2) is 17.4 Å². The Morgan fingerprint density at radius 2 is 2.16 bits per heavy atom. The highest BCUT2D eigenvalue weighted by atomic mass is 32.1. The van der Waals surface area contributed by atoms with Crippen molar-refractivity contribution >= 4 is 11.3 Å². The fourth-order valence-corrected chi connectivity index (χ4v) is 3.56. The second-order valence-electron chi connectivity index (χ2n) is 5.40. The average molecular weight is 292 g/mol. The fourth-order valence-electron chi connectivity index (χ4n) is 2.86. The highest BCUT2D eigenvalue weighted by Crippen LogP contribution is 2.41. The van der Waals surface area contributed by atoms with Gasteiger partial charge in [-0.2, -0.15) is 24.5 Å². The van der Waals surface area contributed by atoms with Crippen molar-refractivity contribution < 1.29 is 18.3 Å². The van der Waals surface area contributed by atoms with Gasteiger partial charge < -0.3 is 5.11 Å². The van der Waals surface area contributed by atoms with Gasteiger partial charge in [0.05, 0.1) is 12.0 Å². The van der Waals surface area contributed by atoms with Gasteiger partial charge in [-0.3, -0.25) is 0 Å². The van der Waals surface area contributed by atoms with Gasteiger partial charge in [0.25, 0.3) is 0 Å². The molecule has 1 aliphatic rings. The van der Waals surface area contributed by atoms with Crippen molar-refractivity contribution in [3.05, 3.63) is 22.4 Å². The van der Waals surface area contributed by atoms with Gasteiger partial charge in [0.15, 0.2) is 0 Å². The molecule has 3 unspecified atom stereocenters. The first kappa shape index (κ1) is 14.9. The maximum atomic E-state index is 12.7. The summed E-state index contributed by atoms with van der Waals surface area (Å²) in [7, 11) is 0. The molecule has 0 bridgehead atoms. The van der Waals surface area contributed by atoms with Crippen LogP contribution in [0.3, 0.4) is 0 Å². The molecule has 0 aromatic carbocycles. The van der Waals surface area contributed by atoms with Crippen LogP contribution in [0.15, 0.2) is 16.8 Å². The smallest absolute Gasteiger partial charge is 0.391 e. The number of thiophene rings is 1. The quantitative estimate of drug-likeness (QED) is 0.871. The molecule has 0 aliphatic heterocycles.